The van der Waals surface area contributed by atoms with Gasteiger partial charge in [0.15, 0.2) is 5.56 Å². The summed E-state index contributed by atoms with van der Waals surface area (Å²) in [7, 11) is 4.28. The van der Waals surface area contributed by atoms with Crippen LogP contribution >= 0.6 is 12.4 Å². The van der Waals surface area contributed by atoms with Crippen LogP contribution in [0.3, 0.4) is 0 Å². The van der Waals surface area contributed by atoms with Crippen molar-refractivity contribution in [2.45, 2.75) is 19.4 Å². The number of benzene rings is 1. The van der Waals surface area contributed by atoms with E-state index in [9.17, 15) is 19.8 Å². The molecular formula is C21H26ClN3O4. The first-order valence-electron chi connectivity index (χ1n) is 9.56. The number of carbonyl (C=O) groups is 1. The van der Waals surface area contributed by atoms with E-state index < -0.39 is 22.8 Å². The van der Waals surface area contributed by atoms with Crippen LogP contribution in [0.1, 0.15) is 22.8 Å². The molecule has 2 heterocycles. The van der Waals surface area contributed by atoms with Crippen molar-refractivity contribution in [3.63, 3.8) is 0 Å². The van der Waals surface area contributed by atoms with Gasteiger partial charge in [-0.25, -0.2) is 4.79 Å². The average Bonchev–Trinajstić information content (AvgIpc) is 3.16. The molecule has 3 N–H and O–H groups in total. The fraction of sp³-hybridized carbons (Fsp3) is 0.429. The molecule has 7 nitrogen and oxygen atoms in total. The standard InChI is InChI=1S/C21H25N3O4.ClH/c1-4-13-17(22-20(26)16(19(13)25)21(27)28)11-5-7-12(8-6-11)24-9-14-15(10-24)18(14)23(2)3;/h5-8,14-15,18H,4,9-10H2,1-3H3,(H,27,28)(H2,22,25,26);1H/t14-,15+,18-;. The quantitative estimate of drug-likeness (QED) is 0.688. The number of nitrogens with zero attached hydrogens (tertiary/aromatic N) is 2. The summed E-state index contributed by atoms with van der Waals surface area (Å²) in [6.45, 7) is 3.92. The maximum Gasteiger partial charge on any atom is 0.345 e. The second-order valence-corrected chi connectivity index (χ2v) is 7.92. The summed E-state index contributed by atoms with van der Waals surface area (Å²) in [6, 6.07) is 8.55. The fourth-order valence-electron chi connectivity index (χ4n) is 4.73. The van der Waals surface area contributed by atoms with Crippen molar-refractivity contribution in [3.8, 4) is 17.0 Å². The Hall–Kier alpha value is -2.51. The fourth-order valence-corrected chi connectivity index (χ4v) is 4.73. The second-order valence-electron chi connectivity index (χ2n) is 7.92. The summed E-state index contributed by atoms with van der Waals surface area (Å²) >= 11 is 0. The number of carboxylic acids is 1. The van der Waals surface area contributed by atoms with Crippen LogP contribution in [-0.2, 0) is 6.42 Å². The Kier molecular flexibility index (Phi) is 5.65. The number of nitrogens with one attached hydrogen (secondary N) is 1. The third kappa shape index (κ3) is 3.49. The van der Waals surface area contributed by atoms with Crippen LogP contribution < -0.4 is 10.5 Å². The van der Waals surface area contributed by atoms with Gasteiger partial charge in [-0.05, 0) is 50.0 Å². The molecule has 4 rings (SSSR count). The lowest BCUT2D eigenvalue weighted by Crippen LogP contribution is -2.30. The first kappa shape index (κ1) is 21.2. The van der Waals surface area contributed by atoms with Gasteiger partial charge < -0.3 is 25.0 Å². The summed E-state index contributed by atoms with van der Waals surface area (Å²) < 4.78 is 0. The van der Waals surface area contributed by atoms with Crippen molar-refractivity contribution in [2.24, 2.45) is 11.8 Å². The van der Waals surface area contributed by atoms with E-state index in [1.807, 2.05) is 31.2 Å². The largest absolute Gasteiger partial charge is 0.506 e. The van der Waals surface area contributed by atoms with Gasteiger partial charge in [0.25, 0.3) is 5.56 Å². The maximum absolute atomic E-state index is 12.1. The van der Waals surface area contributed by atoms with Gasteiger partial charge in [-0.1, -0.05) is 19.1 Å². The highest BCUT2D eigenvalue weighted by Gasteiger charge is 2.56. The number of carboxylic acid groups (broad SMARTS) is 1. The summed E-state index contributed by atoms with van der Waals surface area (Å²) in [5, 5.41) is 19.5. The molecule has 3 atom stereocenters. The monoisotopic (exact) mass is 419 g/mol. The minimum atomic E-state index is -1.43. The molecule has 0 radical (unpaired) electrons. The Morgan fingerprint density at radius 2 is 1.79 bits per heavy atom. The molecule has 156 valence electrons. The normalized spacial score (nSPS) is 22.3. The molecule has 1 aromatic heterocycles. The minimum Gasteiger partial charge on any atom is -0.506 e. The maximum atomic E-state index is 12.1. The van der Waals surface area contributed by atoms with Gasteiger partial charge in [0.2, 0.25) is 0 Å². The number of H-pyrrole nitrogens is 1. The van der Waals surface area contributed by atoms with Crippen molar-refractivity contribution in [3.05, 3.63) is 45.7 Å². The zero-order valence-electron chi connectivity index (χ0n) is 16.7. The van der Waals surface area contributed by atoms with Crippen molar-refractivity contribution in [1.82, 2.24) is 9.88 Å². The van der Waals surface area contributed by atoms with E-state index in [-0.39, 0.29) is 12.4 Å². The number of halogens is 1. The smallest absolute Gasteiger partial charge is 0.345 e. The Labute approximate surface area is 175 Å². The predicted molar refractivity (Wildman–Crippen MR) is 114 cm³/mol. The number of anilines is 1. The molecule has 0 spiro atoms. The molecular weight excluding hydrogens is 394 g/mol. The van der Waals surface area contributed by atoms with E-state index in [2.05, 4.69) is 28.9 Å². The predicted octanol–water partition coefficient (Wildman–Crippen LogP) is 2.43. The molecule has 1 aliphatic carbocycles. The van der Waals surface area contributed by atoms with Gasteiger partial charge in [-0.3, -0.25) is 4.79 Å². The average molecular weight is 420 g/mol. The number of piperidine rings is 1. The zero-order valence-corrected chi connectivity index (χ0v) is 17.5. The van der Waals surface area contributed by atoms with Crippen molar-refractivity contribution < 1.29 is 15.0 Å². The Morgan fingerprint density at radius 3 is 2.28 bits per heavy atom. The summed E-state index contributed by atoms with van der Waals surface area (Å²) in [4.78, 5) is 30.7. The lowest BCUT2D eigenvalue weighted by molar-refractivity contribution is 0.0691. The number of rotatable bonds is 5. The molecule has 2 aromatic rings. The highest BCUT2D eigenvalue weighted by Crippen LogP contribution is 2.49. The lowest BCUT2D eigenvalue weighted by atomic mass is 10.0. The highest BCUT2D eigenvalue weighted by atomic mass is 35.5. The lowest BCUT2D eigenvalue weighted by Gasteiger charge is -2.24. The topological polar surface area (TPSA) is 96.9 Å². The minimum absolute atomic E-state index is 0. The van der Waals surface area contributed by atoms with Crippen LogP contribution in [0.4, 0.5) is 5.69 Å². The van der Waals surface area contributed by atoms with Crippen LogP contribution in [-0.4, -0.2) is 59.3 Å². The van der Waals surface area contributed by atoms with Crippen molar-refractivity contribution in [2.75, 3.05) is 32.1 Å². The number of hydrogen-bond acceptors (Lipinski definition) is 5. The number of fused-ring (bicyclic) bond motifs is 1. The molecule has 1 aliphatic heterocycles. The van der Waals surface area contributed by atoms with Crippen LogP contribution in [0.15, 0.2) is 29.1 Å². The van der Waals surface area contributed by atoms with Gasteiger partial charge in [0.1, 0.15) is 5.75 Å². The van der Waals surface area contributed by atoms with E-state index in [0.29, 0.717) is 23.7 Å². The van der Waals surface area contributed by atoms with Crippen LogP contribution in [0, 0.1) is 11.8 Å². The van der Waals surface area contributed by atoms with Gasteiger partial charge in [-0.2, -0.15) is 0 Å². The van der Waals surface area contributed by atoms with Gasteiger partial charge in [0.05, 0.1) is 5.69 Å². The molecule has 2 fully saturated rings. The van der Waals surface area contributed by atoms with Crippen molar-refractivity contribution in [1.29, 1.82) is 0 Å². The first-order valence-corrected chi connectivity index (χ1v) is 9.56. The Morgan fingerprint density at radius 1 is 1.21 bits per heavy atom. The van der Waals surface area contributed by atoms with Gasteiger partial charge in [0, 0.05) is 30.4 Å². The van der Waals surface area contributed by atoms with Crippen LogP contribution in [0.25, 0.3) is 11.3 Å². The highest BCUT2D eigenvalue weighted by molar-refractivity contribution is 5.92. The molecule has 1 aromatic carbocycles. The molecule has 0 bridgehead atoms. The summed E-state index contributed by atoms with van der Waals surface area (Å²) in [5.74, 6) is -0.414. The van der Waals surface area contributed by atoms with Gasteiger partial charge in [-0.15, -0.1) is 12.4 Å². The SMILES string of the molecule is CCc1c(-c2ccc(N3C[C@@H]4[C@H](C3)[C@@H]4N(C)C)cc2)[nH]c(=O)c(C(=O)O)c1O.Cl. The molecule has 1 saturated heterocycles. The molecule has 0 amide bonds. The van der Waals surface area contributed by atoms with Crippen LogP contribution in [0.2, 0.25) is 0 Å². The molecule has 2 aliphatic rings. The number of aromatic hydroxyl groups is 1. The zero-order chi connectivity index (χ0) is 20.2. The van der Waals surface area contributed by atoms with Gasteiger partial charge >= 0.3 is 5.97 Å². The number of pyridine rings is 1. The van der Waals surface area contributed by atoms with Crippen molar-refractivity contribution >= 4 is 24.1 Å². The molecule has 8 heteroatoms. The second kappa shape index (κ2) is 7.72. The van der Waals surface area contributed by atoms with E-state index in [1.165, 1.54) is 0 Å². The number of hydrogen-bond donors (Lipinski definition) is 3. The third-order valence-corrected chi connectivity index (χ3v) is 6.12. The van der Waals surface area contributed by atoms with E-state index in [1.54, 1.807) is 0 Å². The third-order valence-electron chi connectivity index (χ3n) is 6.12. The first-order chi connectivity index (χ1) is 13.3. The van der Waals surface area contributed by atoms with E-state index in [0.717, 1.165) is 36.2 Å². The summed E-state index contributed by atoms with van der Waals surface area (Å²) in [6.07, 6.45) is 0.404. The molecule has 1 saturated carbocycles. The van der Waals surface area contributed by atoms with E-state index in [4.69, 9.17) is 0 Å². The van der Waals surface area contributed by atoms with E-state index >= 15 is 0 Å². The molecule has 0 unspecified atom stereocenters. The van der Waals surface area contributed by atoms with Crippen LogP contribution in [0.5, 0.6) is 5.75 Å². The number of aromatic nitrogens is 1. The molecule has 29 heavy (non-hydrogen) atoms. The number of aromatic amines is 1. The number of aromatic carboxylic acids is 1. The Bertz CT molecular complexity index is 975. The Balaban J connectivity index is 0.00000240. The summed E-state index contributed by atoms with van der Waals surface area (Å²) in [5.41, 5.74) is 1.39.